The molecule has 0 unspecified atom stereocenters. The molecule has 0 radical (unpaired) electrons. The second-order valence-electron chi connectivity index (χ2n) is 1.67. The fraction of sp³-hybridized carbons (Fsp3) is 0.333. The van der Waals surface area contributed by atoms with Crippen LogP contribution in [-0.4, -0.2) is 22.2 Å². The molecule has 0 aliphatic carbocycles. The summed E-state index contributed by atoms with van der Waals surface area (Å²) < 4.78 is 0. The molecule has 0 atom stereocenters. The molecule has 5 heteroatoms. The second-order valence-corrected chi connectivity index (χ2v) is 1.67. The van der Waals surface area contributed by atoms with Crippen LogP contribution in [0, 0.1) is 0 Å². The van der Waals surface area contributed by atoms with Crippen molar-refractivity contribution in [3.63, 3.8) is 0 Å². The largest absolute Gasteiger partial charge is 0.481 e. The van der Waals surface area contributed by atoms with E-state index in [1.807, 2.05) is 0 Å². The maximum atomic E-state index is 9.85. The Bertz CT molecular complexity index is 146. The van der Waals surface area contributed by atoms with Crippen molar-refractivity contribution >= 4 is 11.9 Å². The minimum absolute atomic E-state index is 0. The van der Waals surface area contributed by atoms with Gasteiger partial charge in [-0.1, -0.05) is 12.2 Å². The summed E-state index contributed by atoms with van der Waals surface area (Å²) in [5, 5.41) is 16.2. The van der Waals surface area contributed by atoms with Crippen molar-refractivity contribution in [3.05, 3.63) is 12.2 Å². The van der Waals surface area contributed by atoms with Crippen molar-refractivity contribution in [2.24, 2.45) is 0 Å². The van der Waals surface area contributed by atoms with Crippen molar-refractivity contribution in [3.8, 4) is 0 Å². The summed E-state index contributed by atoms with van der Waals surface area (Å²) in [7, 11) is 0. The normalized spacial score (nSPS) is 9.09. The zero-order valence-corrected chi connectivity index (χ0v) is 5.99. The van der Waals surface area contributed by atoms with E-state index >= 15 is 0 Å². The van der Waals surface area contributed by atoms with Gasteiger partial charge in [0.1, 0.15) is 0 Å². The summed E-state index contributed by atoms with van der Waals surface area (Å²) in [6, 6.07) is 0. The maximum Gasteiger partial charge on any atom is 0.307 e. The highest BCUT2D eigenvalue weighted by atomic mass is 16.4. The van der Waals surface area contributed by atoms with Gasteiger partial charge in [-0.25, -0.2) is 0 Å². The Kier molecular flexibility index (Phi) is 7.57. The lowest BCUT2D eigenvalue weighted by Crippen LogP contribution is -1.92. The topological polar surface area (TPSA) is 110 Å². The highest BCUT2D eigenvalue weighted by Gasteiger charge is 1.91. The Morgan fingerprint density at radius 3 is 1.45 bits per heavy atom. The average Bonchev–Trinajstić information content (AvgIpc) is 1.79. The average molecular weight is 161 g/mol. The molecule has 5 nitrogen and oxygen atoms in total. The third kappa shape index (κ3) is 12.0. The number of aliphatic carboxylic acids is 2. The molecule has 0 amide bonds. The predicted octanol–water partition coefficient (Wildman–Crippen LogP) is 0.654. The Hall–Kier alpha value is -1.36. The van der Waals surface area contributed by atoms with Gasteiger partial charge in [0.2, 0.25) is 0 Å². The van der Waals surface area contributed by atoms with E-state index in [2.05, 4.69) is 0 Å². The summed E-state index contributed by atoms with van der Waals surface area (Å²) in [6.45, 7) is 0. The molecule has 0 aromatic rings. The van der Waals surface area contributed by atoms with Crippen molar-refractivity contribution in [2.75, 3.05) is 0 Å². The smallest absolute Gasteiger partial charge is 0.307 e. The molecule has 0 aromatic heterocycles. The Morgan fingerprint density at radius 1 is 1.00 bits per heavy atom. The third-order valence-electron chi connectivity index (χ3n) is 0.752. The van der Waals surface area contributed by atoms with Gasteiger partial charge < -0.3 is 16.4 Å². The van der Waals surface area contributed by atoms with Gasteiger partial charge in [0.15, 0.2) is 0 Å². The summed E-state index contributed by atoms with van der Waals surface area (Å²) in [4.78, 5) is 19.7. The van der Waals surface area contributed by atoms with Gasteiger partial charge in [0.25, 0.3) is 0 Å². The second kappa shape index (κ2) is 6.76. The molecular formula is C6H11NO4. The minimum Gasteiger partial charge on any atom is -0.481 e. The Balaban J connectivity index is 0. The van der Waals surface area contributed by atoms with Crippen LogP contribution in [0.15, 0.2) is 12.2 Å². The van der Waals surface area contributed by atoms with Crippen LogP contribution in [-0.2, 0) is 9.59 Å². The van der Waals surface area contributed by atoms with E-state index in [9.17, 15) is 9.59 Å². The zero-order chi connectivity index (χ0) is 7.98. The minimum atomic E-state index is -0.957. The van der Waals surface area contributed by atoms with Crippen LogP contribution in [0.1, 0.15) is 12.8 Å². The number of carbonyl (C=O) groups is 2. The van der Waals surface area contributed by atoms with Crippen LogP contribution in [0.2, 0.25) is 0 Å². The molecule has 0 heterocycles. The van der Waals surface area contributed by atoms with Crippen LogP contribution < -0.4 is 6.15 Å². The monoisotopic (exact) mass is 161 g/mol. The molecule has 0 rings (SSSR count). The number of rotatable bonds is 4. The predicted molar refractivity (Wildman–Crippen MR) is 38.7 cm³/mol. The first-order chi connectivity index (χ1) is 4.63. The van der Waals surface area contributed by atoms with Crippen LogP contribution in [0.5, 0.6) is 0 Å². The summed E-state index contributed by atoms with van der Waals surface area (Å²) in [5.74, 6) is -1.91. The molecule has 0 aliphatic heterocycles. The van der Waals surface area contributed by atoms with Crippen molar-refractivity contribution in [2.45, 2.75) is 12.8 Å². The summed E-state index contributed by atoms with van der Waals surface area (Å²) >= 11 is 0. The molecule has 0 aromatic carbocycles. The van der Waals surface area contributed by atoms with Crippen LogP contribution in [0.3, 0.4) is 0 Å². The van der Waals surface area contributed by atoms with E-state index in [1.165, 1.54) is 12.2 Å². The van der Waals surface area contributed by atoms with Gasteiger partial charge in [0.05, 0.1) is 12.8 Å². The number of carboxylic acid groups (broad SMARTS) is 2. The zero-order valence-electron chi connectivity index (χ0n) is 5.99. The van der Waals surface area contributed by atoms with Gasteiger partial charge in [-0.05, 0) is 0 Å². The molecule has 0 spiro atoms. The van der Waals surface area contributed by atoms with Crippen molar-refractivity contribution in [1.29, 1.82) is 0 Å². The SMILES string of the molecule is N.O=C(O)C/C=C/CC(=O)O. The fourth-order valence-electron chi connectivity index (χ4n) is 0.368. The van der Waals surface area contributed by atoms with E-state index in [4.69, 9.17) is 10.2 Å². The molecule has 0 bridgehead atoms. The molecule has 5 N–H and O–H groups in total. The quantitative estimate of drug-likeness (QED) is 0.524. The lowest BCUT2D eigenvalue weighted by Gasteiger charge is -1.83. The number of carboxylic acids is 2. The Labute approximate surface area is 63.9 Å². The highest BCUT2D eigenvalue weighted by molar-refractivity contribution is 5.70. The van der Waals surface area contributed by atoms with Gasteiger partial charge in [-0.3, -0.25) is 9.59 Å². The fourth-order valence-corrected chi connectivity index (χ4v) is 0.368. The van der Waals surface area contributed by atoms with Crippen molar-refractivity contribution < 1.29 is 19.8 Å². The van der Waals surface area contributed by atoms with E-state index in [0.29, 0.717) is 0 Å². The van der Waals surface area contributed by atoms with Gasteiger partial charge in [-0.2, -0.15) is 0 Å². The highest BCUT2D eigenvalue weighted by Crippen LogP contribution is 1.86. The van der Waals surface area contributed by atoms with Gasteiger partial charge in [0, 0.05) is 0 Å². The summed E-state index contributed by atoms with van der Waals surface area (Å²) in [5.41, 5.74) is 0. The van der Waals surface area contributed by atoms with Gasteiger partial charge in [-0.15, -0.1) is 0 Å². The van der Waals surface area contributed by atoms with Crippen LogP contribution in [0.4, 0.5) is 0 Å². The maximum absolute atomic E-state index is 9.85. The molecule has 64 valence electrons. The van der Waals surface area contributed by atoms with E-state index in [-0.39, 0.29) is 19.0 Å². The lowest BCUT2D eigenvalue weighted by atomic mass is 10.3. The number of hydrogen-bond donors (Lipinski definition) is 3. The van der Waals surface area contributed by atoms with E-state index in [1.54, 1.807) is 0 Å². The first-order valence-electron chi connectivity index (χ1n) is 2.71. The molecule has 0 fully saturated rings. The first kappa shape index (κ1) is 12.3. The molecular weight excluding hydrogens is 150 g/mol. The van der Waals surface area contributed by atoms with Gasteiger partial charge >= 0.3 is 11.9 Å². The van der Waals surface area contributed by atoms with Crippen LogP contribution >= 0.6 is 0 Å². The Morgan fingerprint density at radius 2 is 1.27 bits per heavy atom. The molecule has 11 heavy (non-hydrogen) atoms. The van der Waals surface area contributed by atoms with Crippen LogP contribution in [0.25, 0.3) is 0 Å². The number of hydrogen-bond acceptors (Lipinski definition) is 3. The van der Waals surface area contributed by atoms with Crippen molar-refractivity contribution in [1.82, 2.24) is 6.15 Å². The molecule has 0 saturated heterocycles. The standard InChI is InChI=1S/C6H8O4.H3N/c7-5(8)3-1-2-4-6(9)10;/h1-2H,3-4H2,(H,7,8)(H,9,10);1H3/b2-1+;. The van der Waals surface area contributed by atoms with E-state index < -0.39 is 11.9 Å². The van der Waals surface area contributed by atoms with E-state index in [0.717, 1.165) is 0 Å². The molecule has 0 aliphatic rings. The third-order valence-corrected chi connectivity index (χ3v) is 0.752. The first-order valence-corrected chi connectivity index (χ1v) is 2.71. The lowest BCUT2D eigenvalue weighted by molar-refractivity contribution is -0.137. The summed E-state index contributed by atoms with van der Waals surface area (Å²) in [6.07, 6.45) is 2.40. The molecule has 0 saturated carbocycles.